The van der Waals surface area contributed by atoms with Crippen LogP contribution in [0.2, 0.25) is 5.02 Å². The molecule has 0 spiro atoms. The van der Waals surface area contributed by atoms with Gasteiger partial charge >= 0.3 is 5.63 Å². The minimum Gasteiger partial charge on any atom is -0.507 e. The van der Waals surface area contributed by atoms with Crippen LogP contribution in [0.25, 0.3) is 21.9 Å². The zero-order chi connectivity index (χ0) is 20.0. The lowest BCUT2D eigenvalue weighted by Gasteiger charge is -2.14. The first-order valence-corrected chi connectivity index (χ1v) is 9.19. The molecule has 4 rings (SSSR count). The Kier molecular flexibility index (Phi) is 4.47. The van der Waals surface area contributed by atoms with E-state index in [1.54, 1.807) is 31.2 Å². The summed E-state index contributed by atoms with van der Waals surface area (Å²) in [6.45, 7) is 3.26. The molecule has 0 saturated heterocycles. The molecule has 0 aliphatic carbocycles. The molecule has 0 saturated carbocycles. The molecule has 2 aromatic heterocycles. The second kappa shape index (κ2) is 6.84. The van der Waals surface area contributed by atoms with Crippen molar-refractivity contribution in [3.8, 4) is 5.75 Å². The number of aromatic hydroxyl groups is 1. The number of hydrogen-bond donors (Lipinski definition) is 1. The predicted octanol–water partition coefficient (Wildman–Crippen LogP) is 5.18. The zero-order valence-corrected chi connectivity index (χ0v) is 16.0. The van der Waals surface area contributed by atoms with E-state index in [1.807, 2.05) is 18.2 Å². The van der Waals surface area contributed by atoms with E-state index in [9.17, 15) is 14.7 Å². The Labute approximate surface area is 165 Å². The van der Waals surface area contributed by atoms with Crippen molar-refractivity contribution in [3.05, 3.63) is 74.8 Å². The summed E-state index contributed by atoms with van der Waals surface area (Å²) >= 11 is 6.04. The van der Waals surface area contributed by atoms with Crippen LogP contribution in [0, 0.1) is 0 Å². The van der Waals surface area contributed by atoms with Crippen molar-refractivity contribution < 1.29 is 18.7 Å². The number of halogens is 1. The van der Waals surface area contributed by atoms with Crippen LogP contribution in [0.4, 0.5) is 0 Å². The molecule has 0 bridgehead atoms. The molecule has 142 valence electrons. The molecule has 2 aromatic carbocycles. The first kappa shape index (κ1) is 18.3. The van der Waals surface area contributed by atoms with E-state index in [4.69, 9.17) is 20.4 Å². The average molecular weight is 397 g/mol. The molecule has 0 radical (unpaired) electrons. The van der Waals surface area contributed by atoms with Crippen molar-refractivity contribution in [3.63, 3.8) is 0 Å². The summed E-state index contributed by atoms with van der Waals surface area (Å²) in [5, 5.41) is 12.4. The third-order valence-corrected chi connectivity index (χ3v) is 5.10. The van der Waals surface area contributed by atoms with Crippen molar-refractivity contribution >= 4 is 39.3 Å². The number of hydrogen-bond acceptors (Lipinski definition) is 5. The van der Waals surface area contributed by atoms with Gasteiger partial charge in [0.15, 0.2) is 0 Å². The van der Waals surface area contributed by atoms with E-state index in [0.717, 1.165) is 5.39 Å². The Balaban J connectivity index is 1.99. The molecule has 2 heterocycles. The lowest BCUT2D eigenvalue weighted by atomic mass is 9.89. The molecule has 4 aromatic rings. The Morgan fingerprint density at radius 3 is 2.54 bits per heavy atom. The third kappa shape index (κ3) is 2.98. The highest BCUT2D eigenvalue weighted by atomic mass is 35.5. The minimum absolute atomic E-state index is 0.0611. The highest BCUT2D eigenvalue weighted by Gasteiger charge is 2.27. The van der Waals surface area contributed by atoms with Crippen molar-refractivity contribution in [1.82, 2.24) is 0 Å². The number of benzene rings is 2. The van der Waals surface area contributed by atoms with Gasteiger partial charge in [0.1, 0.15) is 28.5 Å². The van der Waals surface area contributed by atoms with Gasteiger partial charge in [-0.1, -0.05) is 36.7 Å². The van der Waals surface area contributed by atoms with Crippen LogP contribution >= 0.6 is 11.6 Å². The van der Waals surface area contributed by atoms with Gasteiger partial charge in [-0.25, -0.2) is 4.79 Å². The van der Waals surface area contributed by atoms with Gasteiger partial charge in [-0.05, 0) is 31.2 Å². The number of rotatable bonds is 4. The van der Waals surface area contributed by atoms with E-state index in [1.165, 1.54) is 6.92 Å². The molecule has 0 aliphatic rings. The molecule has 0 aliphatic heterocycles. The van der Waals surface area contributed by atoms with Gasteiger partial charge in [-0.3, -0.25) is 4.79 Å². The van der Waals surface area contributed by atoms with E-state index in [2.05, 4.69) is 0 Å². The number of furan rings is 1. The molecule has 28 heavy (non-hydrogen) atoms. The van der Waals surface area contributed by atoms with Crippen LogP contribution in [0.3, 0.4) is 0 Å². The van der Waals surface area contributed by atoms with E-state index < -0.39 is 11.5 Å². The summed E-state index contributed by atoms with van der Waals surface area (Å²) in [6.07, 6.45) is 0.0971. The van der Waals surface area contributed by atoms with Gasteiger partial charge in [0.2, 0.25) is 0 Å². The first-order valence-electron chi connectivity index (χ1n) is 8.81. The maximum atomic E-state index is 12.7. The van der Waals surface area contributed by atoms with Crippen LogP contribution in [0.1, 0.15) is 36.7 Å². The van der Waals surface area contributed by atoms with Crippen LogP contribution in [0.5, 0.6) is 5.75 Å². The summed E-state index contributed by atoms with van der Waals surface area (Å²) in [5.41, 5.74) is 1.02. The maximum absolute atomic E-state index is 12.7. The first-order chi connectivity index (χ1) is 13.4. The van der Waals surface area contributed by atoms with Crippen molar-refractivity contribution in [2.45, 2.75) is 26.2 Å². The Bertz CT molecular complexity index is 1280. The van der Waals surface area contributed by atoms with Gasteiger partial charge in [-0.2, -0.15) is 0 Å². The average Bonchev–Trinajstić information content (AvgIpc) is 2.99. The van der Waals surface area contributed by atoms with Gasteiger partial charge in [0.25, 0.3) is 0 Å². The number of ketones is 1. The smallest absolute Gasteiger partial charge is 0.343 e. The molecular weight excluding hydrogens is 380 g/mol. The highest BCUT2D eigenvalue weighted by molar-refractivity contribution is 6.31. The summed E-state index contributed by atoms with van der Waals surface area (Å²) < 4.78 is 11.3. The van der Waals surface area contributed by atoms with Crippen LogP contribution in [-0.2, 0) is 11.2 Å². The number of Topliss-reactive ketones (excluding diaryl/α,β-unsaturated/α-hetero) is 1. The van der Waals surface area contributed by atoms with Crippen LogP contribution in [-0.4, -0.2) is 10.9 Å². The van der Waals surface area contributed by atoms with Gasteiger partial charge in [0.05, 0.1) is 17.4 Å². The fourth-order valence-electron chi connectivity index (χ4n) is 3.65. The fraction of sp³-hybridized carbons (Fsp3) is 0.182. The maximum Gasteiger partial charge on any atom is 0.343 e. The summed E-state index contributed by atoms with van der Waals surface area (Å²) in [5.74, 6) is -0.321. The number of carbonyl (C=O) groups excluding carboxylic acids is 1. The molecule has 1 unspecified atom stereocenters. The van der Waals surface area contributed by atoms with Crippen molar-refractivity contribution in [1.29, 1.82) is 0 Å². The second-order valence-electron chi connectivity index (χ2n) is 6.83. The quantitative estimate of drug-likeness (QED) is 0.480. The summed E-state index contributed by atoms with van der Waals surface area (Å²) in [6, 6.07) is 12.0. The third-order valence-electron chi connectivity index (χ3n) is 4.86. The Morgan fingerprint density at radius 1 is 1.07 bits per heavy atom. The monoisotopic (exact) mass is 396 g/mol. The van der Waals surface area contributed by atoms with Crippen LogP contribution < -0.4 is 5.63 Å². The molecule has 6 heteroatoms. The predicted molar refractivity (Wildman–Crippen MR) is 107 cm³/mol. The van der Waals surface area contributed by atoms with Crippen LogP contribution in [0.15, 0.2) is 56.1 Å². The highest BCUT2D eigenvalue weighted by Crippen LogP contribution is 2.40. The standard InChI is InChI=1S/C22H17ClO5/c1-11(24)9-18-19(14-5-3-4-6-16(14)27-18)12(2)20-21(25)15-10-13(23)7-8-17(15)28-22(20)26/h3-8,10,12,25H,9H2,1-2H3. The minimum atomic E-state index is -0.640. The number of fused-ring (bicyclic) bond motifs is 2. The van der Waals surface area contributed by atoms with Crippen molar-refractivity contribution in [2.75, 3.05) is 0 Å². The zero-order valence-electron chi connectivity index (χ0n) is 15.3. The lowest BCUT2D eigenvalue weighted by molar-refractivity contribution is -0.116. The summed E-state index contributed by atoms with van der Waals surface area (Å²) in [4.78, 5) is 24.4. The largest absolute Gasteiger partial charge is 0.507 e. The Hall–Kier alpha value is -3.05. The van der Waals surface area contributed by atoms with Gasteiger partial charge in [0, 0.05) is 21.9 Å². The topological polar surface area (TPSA) is 80.7 Å². The molecule has 0 amide bonds. The normalized spacial score (nSPS) is 12.5. The van der Waals surface area contributed by atoms with E-state index in [-0.39, 0.29) is 29.1 Å². The van der Waals surface area contributed by atoms with Crippen molar-refractivity contribution in [2.24, 2.45) is 0 Å². The van der Waals surface area contributed by atoms with Gasteiger partial charge < -0.3 is 13.9 Å². The molecular formula is C22H17ClO5. The summed E-state index contributed by atoms with van der Waals surface area (Å²) in [7, 11) is 0. The lowest BCUT2D eigenvalue weighted by Crippen LogP contribution is -2.13. The van der Waals surface area contributed by atoms with E-state index in [0.29, 0.717) is 27.3 Å². The van der Waals surface area contributed by atoms with Gasteiger partial charge in [-0.15, -0.1) is 0 Å². The fourth-order valence-corrected chi connectivity index (χ4v) is 3.82. The number of para-hydroxylation sites is 1. The molecule has 0 fully saturated rings. The molecule has 5 nitrogen and oxygen atoms in total. The SMILES string of the molecule is CC(=O)Cc1oc2ccccc2c1C(C)c1c(O)c2cc(Cl)ccc2oc1=O. The van der Waals surface area contributed by atoms with E-state index >= 15 is 0 Å². The Morgan fingerprint density at radius 2 is 1.79 bits per heavy atom. The molecule has 1 N–H and O–H groups in total. The molecule has 1 atom stereocenters. The number of carbonyl (C=O) groups is 1. The second-order valence-corrected chi connectivity index (χ2v) is 7.26.